The van der Waals surface area contributed by atoms with Gasteiger partial charge in [0.15, 0.2) is 5.78 Å². The lowest BCUT2D eigenvalue weighted by molar-refractivity contribution is -0.119. The molecule has 0 aliphatic carbocycles. The average molecular weight is 332 g/mol. The number of ketones is 1. The highest BCUT2D eigenvalue weighted by atomic mass is 79.9. The van der Waals surface area contributed by atoms with Gasteiger partial charge in [0, 0.05) is 17.4 Å². The van der Waals surface area contributed by atoms with E-state index in [-0.39, 0.29) is 5.78 Å². The Labute approximate surface area is 128 Å². The molecule has 0 aliphatic heterocycles. The number of likely N-dealkylation sites (N-methyl/N-ethyl adjacent to an activating group) is 1. The summed E-state index contributed by atoms with van der Waals surface area (Å²) in [6.07, 6.45) is 0.504. The lowest BCUT2D eigenvalue weighted by Crippen LogP contribution is -2.26. The van der Waals surface area contributed by atoms with Gasteiger partial charge in [-0.05, 0) is 30.3 Å². The van der Waals surface area contributed by atoms with E-state index in [0.717, 1.165) is 16.6 Å². The molecular formula is C17H18BrNO. The SMILES string of the molecule is CN(CC(=O)Cc1ccccc1)Cc1cccc(Br)c1. The summed E-state index contributed by atoms with van der Waals surface area (Å²) in [4.78, 5) is 14.1. The largest absolute Gasteiger partial charge is 0.298 e. The standard InChI is InChI=1S/C17H18BrNO/c1-19(12-15-8-5-9-16(18)10-15)13-17(20)11-14-6-3-2-4-7-14/h2-10H,11-13H2,1H3. The van der Waals surface area contributed by atoms with Gasteiger partial charge in [0.25, 0.3) is 0 Å². The molecule has 2 rings (SSSR count). The van der Waals surface area contributed by atoms with E-state index in [1.807, 2.05) is 54.4 Å². The molecule has 0 unspecified atom stereocenters. The molecule has 0 aromatic heterocycles. The summed E-state index contributed by atoms with van der Waals surface area (Å²) in [6, 6.07) is 18.1. The first-order chi connectivity index (χ1) is 9.63. The monoisotopic (exact) mass is 331 g/mol. The molecule has 2 aromatic carbocycles. The van der Waals surface area contributed by atoms with Crippen molar-refractivity contribution in [1.82, 2.24) is 4.90 Å². The summed E-state index contributed by atoms with van der Waals surface area (Å²) >= 11 is 3.46. The van der Waals surface area contributed by atoms with Crippen LogP contribution in [0, 0.1) is 0 Å². The predicted molar refractivity (Wildman–Crippen MR) is 85.6 cm³/mol. The van der Waals surface area contributed by atoms with Crippen molar-refractivity contribution in [1.29, 1.82) is 0 Å². The average Bonchev–Trinajstić information content (AvgIpc) is 2.39. The smallest absolute Gasteiger partial charge is 0.151 e. The van der Waals surface area contributed by atoms with Crippen LogP contribution in [-0.4, -0.2) is 24.3 Å². The van der Waals surface area contributed by atoms with Crippen molar-refractivity contribution in [2.24, 2.45) is 0 Å². The zero-order chi connectivity index (χ0) is 14.4. The van der Waals surface area contributed by atoms with Crippen LogP contribution in [0.25, 0.3) is 0 Å². The molecule has 3 heteroatoms. The molecule has 20 heavy (non-hydrogen) atoms. The second kappa shape index (κ2) is 7.36. The number of hydrogen-bond donors (Lipinski definition) is 0. The first kappa shape index (κ1) is 14.9. The lowest BCUT2D eigenvalue weighted by atomic mass is 10.1. The van der Waals surface area contributed by atoms with Crippen LogP contribution >= 0.6 is 15.9 Å². The van der Waals surface area contributed by atoms with E-state index in [1.165, 1.54) is 5.56 Å². The number of hydrogen-bond acceptors (Lipinski definition) is 2. The van der Waals surface area contributed by atoms with E-state index in [1.54, 1.807) is 0 Å². The third kappa shape index (κ3) is 4.91. The molecule has 0 atom stereocenters. The fourth-order valence-corrected chi connectivity index (χ4v) is 2.63. The van der Waals surface area contributed by atoms with E-state index < -0.39 is 0 Å². The quantitative estimate of drug-likeness (QED) is 0.804. The number of halogens is 1. The Bertz CT molecular complexity index is 568. The van der Waals surface area contributed by atoms with Crippen LogP contribution < -0.4 is 0 Å². The normalized spacial score (nSPS) is 10.8. The van der Waals surface area contributed by atoms with E-state index in [9.17, 15) is 4.79 Å². The van der Waals surface area contributed by atoms with Crippen LogP contribution in [0.1, 0.15) is 11.1 Å². The Morgan fingerprint density at radius 3 is 2.45 bits per heavy atom. The molecule has 0 amide bonds. The fraction of sp³-hybridized carbons (Fsp3) is 0.235. The molecule has 2 aromatic rings. The van der Waals surface area contributed by atoms with Gasteiger partial charge in [0.05, 0.1) is 6.54 Å². The third-order valence-electron chi connectivity index (χ3n) is 3.03. The van der Waals surface area contributed by atoms with Crippen molar-refractivity contribution in [3.8, 4) is 0 Å². The van der Waals surface area contributed by atoms with Crippen LogP contribution in [-0.2, 0) is 17.8 Å². The van der Waals surface area contributed by atoms with E-state index in [4.69, 9.17) is 0 Å². The molecular weight excluding hydrogens is 314 g/mol. The number of Topliss-reactive ketones (excluding diaryl/α,β-unsaturated/α-hetero) is 1. The predicted octanol–water partition coefficient (Wildman–Crippen LogP) is 3.69. The number of nitrogens with zero attached hydrogens (tertiary/aromatic N) is 1. The van der Waals surface area contributed by atoms with Gasteiger partial charge in [-0.3, -0.25) is 9.69 Å². The van der Waals surface area contributed by atoms with Gasteiger partial charge >= 0.3 is 0 Å². The molecule has 0 saturated heterocycles. The van der Waals surface area contributed by atoms with Crippen molar-refractivity contribution < 1.29 is 4.79 Å². The highest BCUT2D eigenvalue weighted by Crippen LogP contribution is 2.13. The third-order valence-corrected chi connectivity index (χ3v) is 3.53. The van der Waals surface area contributed by atoms with Gasteiger partial charge in [-0.25, -0.2) is 0 Å². The highest BCUT2D eigenvalue weighted by Gasteiger charge is 2.08. The molecule has 0 saturated carbocycles. The van der Waals surface area contributed by atoms with Crippen LogP contribution in [0.4, 0.5) is 0 Å². The Balaban J connectivity index is 1.85. The summed E-state index contributed by atoms with van der Waals surface area (Å²) in [5.74, 6) is 0.244. The minimum absolute atomic E-state index is 0.244. The van der Waals surface area contributed by atoms with Gasteiger partial charge in [-0.15, -0.1) is 0 Å². The number of carbonyl (C=O) groups is 1. The van der Waals surface area contributed by atoms with Crippen LogP contribution in [0.5, 0.6) is 0 Å². The molecule has 0 bridgehead atoms. The summed E-state index contributed by atoms with van der Waals surface area (Å²) in [5, 5.41) is 0. The van der Waals surface area contributed by atoms with Gasteiger partial charge in [0.1, 0.15) is 0 Å². The summed E-state index contributed by atoms with van der Waals surface area (Å²) in [7, 11) is 1.98. The van der Waals surface area contributed by atoms with Crippen molar-refractivity contribution in [2.75, 3.05) is 13.6 Å². The maximum Gasteiger partial charge on any atom is 0.151 e. The Hall–Kier alpha value is -1.45. The second-order valence-electron chi connectivity index (χ2n) is 5.00. The lowest BCUT2D eigenvalue weighted by Gasteiger charge is -2.16. The summed E-state index contributed by atoms with van der Waals surface area (Å²) in [5.41, 5.74) is 2.28. The van der Waals surface area contributed by atoms with Crippen molar-refractivity contribution in [3.05, 3.63) is 70.2 Å². The first-order valence-electron chi connectivity index (χ1n) is 6.62. The Morgan fingerprint density at radius 1 is 1.05 bits per heavy atom. The van der Waals surface area contributed by atoms with Gasteiger partial charge < -0.3 is 0 Å². The van der Waals surface area contributed by atoms with Crippen LogP contribution in [0.2, 0.25) is 0 Å². The molecule has 0 aliphatic rings. The molecule has 0 N–H and O–H groups in total. The van der Waals surface area contributed by atoms with Gasteiger partial charge in [-0.1, -0.05) is 58.4 Å². The van der Waals surface area contributed by atoms with E-state index in [2.05, 4.69) is 28.1 Å². The molecule has 0 radical (unpaired) electrons. The molecule has 104 valence electrons. The maximum absolute atomic E-state index is 12.0. The van der Waals surface area contributed by atoms with Gasteiger partial charge in [0.2, 0.25) is 0 Å². The molecule has 0 spiro atoms. The minimum Gasteiger partial charge on any atom is -0.298 e. The maximum atomic E-state index is 12.0. The topological polar surface area (TPSA) is 20.3 Å². The molecule has 0 fully saturated rings. The second-order valence-corrected chi connectivity index (χ2v) is 5.92. The Kier molecular flexibility index (Phi) is 5.50. The van der Waals surface area contributed by atoms with E-state index >= 15 is 0 Å². The van der Waals surface area contributed by atoms with E-state index in [0.29, 0.717) is 13.0 Å². The summed E-state index contributed by atoms with van der Waals surface area (Å²) < 4.78 is 1.07. The van der Waals surface area contributed by atoms with Crippen LogP contribution in [0.3, 0.4) is 0 Å². The van der Waals surface area contributed by atoms with Crippen molar-refractivity contribution >= 4 is 21.7 Å². The number of carbonyl (C=O) groups excluding carboxylic acids is 1. The van der Waals surface area contributed by atoms with Crippen molar-refractivity contribution in [3.63, 3.8) is 0 Å². The molecule has 2 nitrogen and oxygen atoms in total. The zero-order valence-electron chi connectivity index (χ0n) is 11.6. The highest BCUT2D eigenvalue weighted by molar-refractivity contribution is 9.10. The minimum atomic E-state index is 0.244. The zero-order valence-corrected chi connectivity index (χ0v) is 13.1. The number of rotatable bonds is 6. The summed E-state index contributed by atoms with van der Waals surface area (Å²) in [6.45, 7) is 1.25. The first-order valence-corrected chi connectivity index (χ1v) is 7.41. The molecule has 0 heterocycles. The fourth-order valence-electron chi connectivity index (χ4n) is 2.18. The van der Waals surface area contributed by atoms with Crippen LogP contribution in [0.15, 0.2) is 59.1 Å². The van der Waals surface area contributed by atoms with Crippen molar-refractivity contribution in [2.45, 2.75) is 13.0 Å². The number of benzene rings is 2. The Morgan fingerprint density at radius 2 is 1.75 bits per heavy atom. The van der Waals surface area contributed by atoms with Gasteiger partial charge in [-0.2, -0.15) is 0 Å².